The Morgan fingerprint density at radius 3 is 2.08 bits per heavy atom. The van der Waals surface area contributed by atoms with E-state index in [0.717, 1.165) is 11.1 Å². The Morgan fingerprint density at radius 1 is 0.784 bits per heavy atom. The van der Waals surface area contributed by atoms with E-state index < -0.39 is 6.04 Å². The van der Waals surface area contributed by atoms with Crippen molar-refractivity contribution in [2.24, 2.45) is 0 Å². The van der Waals surface area contributed by atoms with Crippen molar-refractivity contribution in [1.29, 1.82) is 0 Å². The number of halogens is 3. The number of carbonyl (C=O) groups excluding carboxylic acids is 2. The molecule has 0 aliphatic rings. The highest BCUT2D eigenvalue weighted by molar-refractivity contribution is 6.31. The molecule has 7 heteroatoms. The molecule has 0 bridgehead atoms. The smallest absolute Gasteiger partial charge is 0.247 e. The molecule has 0 spiro atoms. The van der Waals surface area contributed by atoms with Crippen LogP contribution in [-0.2, 0) is 29.1 Å². The summed E-state index contributed by atoms with van der Waals surface area (Å²) in [6, 6.07) is 28.4. The Balaban J connectivity index is 1.67. The topological polar surface area (TPSA) is 49.4 Å². The molecule has 0 fully saturated rings. The van der Waals surface area contributed by atoms with Gasteiger partial charge in [-0.1, -0.05) is 96.0 Å². The second-order valence-corrected chi connectivity index (χ2v) is 9.42. The summed E-state index contributed by atoms with van der Waals surface area (Å²) < 4.78 is 13.6. The molecular weight excluding hydrogens is 510 g/mol. The highest BCUT2D eigenvalue weighted by atomic mass is 35.5. The number of hydrogen-bond acceptors (Lipinski definition) is 2. The molecule has 0 radical (unpaired) electrons. The van der Waals surface area contributed by atoms with Gasteiger partial charge in [-0.15, -0.1) is 0 Å². The third kappa shape index (κ3) is 7.19. The number of amides is 2. The van der Waals surface area contributed by atoms with Crippen LogP contribution in [0.25, 0.3) is 0 Å². The SMILES string of the molecule is O=C(NCc1ccccc1Cl)[C@H](c1ccccc1)N(Cc1ccc(F)cc1)C(=O)Cc1ccc(Cl)cc1. The molecule has 0 heterocycles. The third-order valence-corrected chi connectivity index (χ3v) is 6.56. The first-order chi connectivity index (χ1) is 17.9. The zero-order chi connectivity index (χ0) is 26.2. The van der Waals surface area contributed by atoms with Crippen LogP contribution in [0.15, 0.2) is 103 Å². The van der Waals surface area contributed by atoms with Crippen molar-refractivity contribution in [2.75, 3.05) is 0 Å². The maximum absolute atomic E-state index is 13.7. The Morgan fingerprint density at radius 2 is 1.41 bits per heavy atom. The summed E-state index contributed by atoms with van der Waals surface area (Å²) in [5.74, 6) is -0.981. The number of nitrogens with one attached hydrogen (secondary N) is 1. The van der Waals surface area contributed by atoms with Gasteiger partial charge in [0.05, 0.1) is 6.42 Å². The fraction of sp³-hybridized carbons (Fsp3) is 0.133. The first kappa shape index (κ1) is 26.4. The van der Waals surface area contributed by atoms with Crippen LogP contribution in [0.1, 0.15) is 28.3 Å². The largest absolute Gasteiger partial charge is 0.350 e. The van der Waals surface area contributed by atoms with E-state index in [1.807, 2.05) is 48.5 Å². The molecule has 4 nitrogen and oxygen atoms in total. The minimum absolute atomic E-state index is 0.0689. The minimum atomic E-state index is -0.923. The fourth-order valence-electron chi connectivity index (χ4n) is 4.02. The maximum atomic E-state index is 13.7. The average molecular weight is 535 g/mol. The molecule has 2 amide bonds. The molecule has 0 saturated carbocycles. The van der Waals surface area contributed by atoms with E-state index in [2.05, 4.69) is 5.32 Å². The first-order valence-corrected chi connectivity index (χ1v) is 12.5. The van der Waals surface area contributed by atoms with E-state index >= 15 is 0 Å². The molecule has 4 aromatic carbocycles. The van der Waals surface area contributed by atoms with Crippen molar-refractivity contribution in [1.82, 2.24) is 10.2 Å². The van der Waals surface area contributed by atoms with E-state index in [1.165, 1.54) is 17.0 Å². The molecule has 4 aromatic rings. The molecule has 188 valence electrons. The predicted molar refractivity (Wildman–Crippen MR) is 145 cm³/mol. The van der Waals surface area contributed by atoms with Crippen LogP contribution in [0.4, 0.5) is 4.39 Å². The lowest BCUT2D eigenvalue weighted by Crippen LogP contribution is -2.43. The summed E-state index contributed by atoms with van der Waals surface area (Å²) >= 11 is 12.3. The first-order valence-electron chi connectivity index (χ1n) is 11.7. The van der Waals surface area contributed by atoms with Crippen molar-refractivity contribution >= 4 is 35.0 Å². The van der Waals surface area contributed by atoms with E-state index in [1.54, 1.807) is 42.5 Å². The van der Waals surface area contributed by atoms with Crippen LogP contribution in [0.3, 0.4) is 0 Å². The van der Waals surface area contributed by atoms with E-state index in [4.69, 9.17) is 23.2 Å². The summed E-state index contributed by atoms with van der Waals surface area (Å²) in [7, 11) is 0. The van der Waals surface area contributed by atoms with Crippen LogP contribution in [0, 0.1) is 5.82 Å². The summed E-state index contributed by atoms with van der Waals surface area (Å²) in [5, 5.41) is 4.06. The number of hydrogen-bond donors (Lipinski definition) is 1. The van der Waals surface area contributed by atoms with E-state index in [0.29, 0.717) is 21.2 Å². The highest BCUT2D eigenvalue weighted by Gasteiger charge is 2.31. The Kier molecular flexibility index (Phi) is 8.94. The third-order valence-electron chi connectivity index (χ3n) is 5.94. The van der Waals surface area contributed by atoms with Crippen molar-refractivity contribution in [3.05, 3.63) is 141 Å². The number of carbonyl (C=O) groups is 2. The lowest BCUT2D eigenvalue weighted by molar-refractivity contribution is -0.141. The van der Waals surface area contributed by atoms with Gasteiger partial charge in [0.2, 0.25) is 11.8 Å². The molecular formula is C30H25Cl2FN2O2. The van der Waals surface area contributed by atoms with Crippen molar-refractivity contribution in [3.63, 3.8) is 0 Å². The van der Waals surface area contributed by atoms with Gasteiger partial charge in [0.15, 0.2) is 0 Å². The van der Waals surface area contributed by atoms with Crippen LogP contribution in [0.5, 0.6) is 0 Å². The molecule has 0 aromatic heterocycles. The van der Waals surface area contributed by atoms with E-state index in [9.17, 15) is 14.0 Å². The summed E-state index contributed by atoms with van der Waals surface area (Å²) in [5.41, 5.74) is 2.89. The van der Waals surface area contributed by atoms with Gasteiger partial charge in [0.25, 0.3) is 0 Å². The van der Waals surface area contributed by atoms with Crippen molar-refractivity contribution < 1.29 is 14.0 Å². The second-order valence-electron chi connectivity index (χ2n) is 8.57. The quantitative estimate of drug-likeness (QED) is 0.258. The standard InChI is InChI=1S/C30H25Cl2FN2O2/c31-25-14-10-21(11-15-25)18-28(36)35(20-22-12-16-26(33)17-13-22)29(23-6-2-1-3-7-23)30(37)34-19-24-8-4-5-9-27(24)32/h1-17,29H,18-20H2,(H,34,37)/t29-/m0/s1. The Bertz CT molecular complexity index is 1350. The molecule has 4 rings (SSSR count). The van der Waals surface area contributed by atoms with Gasteiger partial charge >= 0.3 is 0 Å². The van der Waals surface area contributed by atoms with Gasteiger partial charge in [0, 0.05) is 23.1 Å². The van der Waals surface area contributed by atoms with Crippen LogP contribution >= 0.6 is 23.2 Å². The fourth-order valence-corrected chi connectivity index (χ4v) is 4.35. The van der Waals surface area contributed by atoms with Crippen LogP contribution in [-0.4, -0.2) is 16.7 Å². The van der Waals surface area contributed by atoms with Gasteiger partial charge in [-0.05, 0) is 52.6 Å². The van der Waals surface area contributed by atoms with E-state index in [-0.39, 0.29) is 37.1 Å². The normalized spacial score (nSPS) is 11.5. The van der Waals surface area contributed by atoms with Gasteiger partial charge < -0.3 is 10.2 Å². The van der Waals surface area contributed by atoms with Gasteiger partial charge in [-0.2, -0.15) is 0 Å². The zero-order valence-corrected chi connectivity index (χ0v) is 21.4. The van der Waals surface area contributed by atoms with Crippen LogP contribution < -0.4 is 5.32 Å². The lowest BCUT2D eigenvalue weighted by Gasteiger charge is -2.32. The molecule has 0 aliphatic heterocycles. The zero-order valence-electron chi connectivity index (χ0n) is 19.9. The van der Waals surface area contributed by atoms with Gasteiger partial charge in [-0.3, -0.25) is 9.59 Å². The summed E-state index contributed by atoms with van der Waals surface area (Å²) in [6.45, 7) is 0.323. The monoisotopic (exact) mass is 534 g/mol. The summed E-state index contributed by atoms with van der Waals surface area (Å²) in [6.07, 6.45) is 0.0689. The number of benzene rings is 4. The molecule has 0 aliphatic carbocycles. The Hall–Kier alpha value is -3.67. The Labute approximate surface area is 225 Å². The molecule has 1 atom stereocenters. The average Bonchev–Trinajstić information content (AvgIpc) is 2.91. The van der Waals surface area contributed by atoms with Gasteiger partial charge in [0.1, 0.15) is 11.9 Å². The minimum Gasteiger partial charge on any atom is -0.350 e. The molecule has 37 heavy (non-hydrogen) atoms. The van der Waals surface area contributed by atoms with Crippen molar-refractivity contribution in [2.45, 2.75) is 25.6 Å². The number of nitrogens with zero attached hydrogens (tertiary/aromatic N) is 1. The lowest BCUT2D eigenvalue weighted by atomic mass is 10.0. The number of rotatable bonds is 9. The molecule has 0 unspecified atom stereocenters. The predicted octanol–water partition coefficient (Wildman–Crippen LogP) is 6.76. The molecule has 1 N–H and O–H groups in total. The summed E-state index contributed by atoms with van der Waals surface area (Å²) in [4.78, 5) is 29.0. The molecule has 0 saturated heterocycles. The highest BCUT2D eigenvalue weighted by Crippen LogP contribution is 2.26. The van der Waals surface area contributed by atoms with Gasteiger partial charge in [-0.25, -0.2) is 4.39 Å². The maximum Gasteiger partial charge on any atom is 0.247 e. The second kappa shape index (κ2) is 12.5. The van der Waals surface area contributed by atoms with Crippen LogP contribution in [0.2, 0.25) is 10.0 Å². The van der Waals surface area contributed by atoms with Crippen molar-refractivity contribution in [3.8, 4) is 0 Å².